The fourth-order valence-corrected chi connectivity index (χ4v) is 3.36. The van der Waals surface area contributed by atoms with Crippen LogP contribution in [0.1, 0.15) is 41.4 Å². The van der Waals surface area contributed by atoms with Crippen LogP contribution in [0.15, 0.2) is 4.47 Å². The number of halogens is 1. The van der Waals surface area contributed by atoms with Crippen LogP contribution in [0.2, 0.25) is 0 Å². The molecule has 0 atom stereocenters. The molecule has 2 heterocycles. The maximum Gasteiger partial charge on any atom is 0.374 e. The second-order valence-corrected chi connectivity index (χ2v) is 6.24. The molecule has 1 aromatic heterocycles. The fraction of sp³-hybridized carbons (Fsp3) is 0.462. The Hall–Kier alpha value is -1.41. The van der Waals surface area contributed by atoms with Gasteiger partial charge in [0.1, 0.15) is 4.88 Å². The minimum Gasteiger partial charge on any atom is -0.483 e. The van der Waals surface area contributed by atoms with Crippen LogP contribution in [0.25, 0.3) is 0 Å². The number of nitrogens with zero attached hydrogens (tertiary/aromatic N) is 1. The molecule has 0 saturated carbocycles. The van der Waals surface area contributed by atoms with E-state index in [1.165, 1.54) is 0 Å². The highest BCUT2D eigenvalue weighted by molar-refractivity contribution is 9.10. The van der Waals surface area contributed by atoms with Crippen molar-refractivity contribution >= 4 is 45.1 Å². The molecule has 1 fully saturated rings. The quantitative estimate of drug-likeness (QED) is 0.739. The summed E-state index contributed by atoms with van der Waals surface area (Å²) in [6.45, 7) is 4.26. The molecule has 1 aliphatic rings. The largest absolute Gasteiger partial charge is 0.483 e. The fourth-order valence-electron chi connectivity index (χ4n) is 1.73. The molecule has 0 unspecified atom stereocenters. The highest BCUT2D eigenvalue weighted by Gasteiger charge is 2.34. The van der Waals surface area contributed by atoms with Crippen LogP contribution >= 0.6 is 27.3 Å². The second-order valence-electron chi connectivity index (χ2n) is 4.47. The monoisotopic (exact) mass is 375 g/mol. The molecule has 0 aliphatic carbocycles. The Morgan fingerprint density at radius 2 is 1.95 bits per heavy atom. The van der Waals surface area contributed by atoms with Crippen LogP contribution in [-0.2, 0) is 14.4 Å². The van der Waals surface area contributed by atoms with Crippen LogP contribution in [0.4, 0.5) is 0 Å². The molecular formula is C13H14BrNO5S. The van der Waals surface area contributed by atoms with Crippen LogP contribution in [0, 0.1) is 6.92 Å². The van der Waals surface area contributed by atoms with Crippen molar-refractivity contribution in [3.63, 3.8) is 0 Å². The lowest BCUT2D eigenvalue weighted by molar-refractivity contribution is -0.172. The predicted molar refractivity (Wildman–Crippen MR) is 79.0 cm³/mol. The summed E-state index contributed by atoms with van der Waals surface area (Å²) in [5.41, 5.74) is 0.662. The number of hydroxylamine groups is 2. The summed E-state index contributed by atoms with van der Waals surface area (Å²) in [4.78, 5) is 40.2. The Morgan fingerprint density at radius 3 is 2.52 bits per heavy atom. The van der Waals surface area contributed by atoms with E-state index in [1.807, 2.05) is 6.92 Å². The molecule has 2 rings (SSSR count). The van der Waals surface area contributed by atoms with Gasteiger partial charge in [0.05, 0.1) is 11.1 Å². The van der Waals surface area contributed by atoms with Gasteiger partial charge in [-0.25, -0.2) is 4.79 Å². The molecule has 8 heteroatoms. The maximum absolute atomic E-state index is 12.1. The number of imide groups is 1. The lowest BCUT2D eigenvalue weighted by atomic mass is 10.3. The third-order valence-corrected chi connectivity index (χ3v) is 5.25. The first-order chi connectivity index (χ1) is 9.95. The van der Waals surface area contributed by atoms with E-state index in [9.17, 15) is 14.4 Å². The number of thiophene rings is 1. The van der Waals surface area contributed by atoms with Crippen molar-refractivity contribution in [2.45, 2.75) is 33.1 Å². The molecule has 1 aliphatic heterocycles. The molecule has 0 aromatic carbocycles. The van der Waals surface area contributed by atoms with Gasteiger partial charge in [0.15, 0.2) is 5.06 Å². The Kier molecular flexibility index (Phi) is 5.00. The molecule has 6 nitrogen and oxygen atoms in total. The molecule has 1 aromatic rings. The van der Waals surface area contributed by atoms with Crippen molar-refractivity contribution in [1.82, 2.24) is 5.06 Å². The molecule has 114 valence electrons. The molecule has 0 spiro atoms. The average molecular weight is 376 g/mol. The molecule has 0 N–H and O–H groups in total. The van der Waals surface area contributed by atoms with E-state index >= 15 is 0 Å². The van der Waals surface area contributed by atoms with E-state index in [1.54, 1.807) is 6.92 Å². The number of ether oxygens (including phenoxy) is 1. The Labute approximate surface area is 134 Å². The SMILES string of the molecule is CCCOc1sc(C(=O)ON2C(=O)CCC2=O)c(C)c1Br. The first-order valence-corrected chi connectivity index (χ1v) is 8.06. The van der Waals surface area contributed by atoms with Gasteiger partial charge in [0.25, 0.3) is 11.8 Å². The highest BCUT2D eigenvalue weighted by Crippen LogP contribution is 2.40. The summed E-state index contributed by atoms with van der Waals surface area (Å²) in [7, 11) is 0. The van der Waals surface area contributed by atoms with E-state index in [2.05, 4.69) is 15.9 Å². The Morgan fingerprint density at radius 1 is 1.33 bits per heavy atom. The maximum atomic E-state index is 12.1. The van der Waals surface area contributed by atoms with E-state index in [0.717, 1.165) is 17.8 Å². The molecular weight excluding hydrogens is 362 g/mol. The van der Waals surface area contributed by atoms with Gasteiger partial charge in [-0.3, -0.25) is 9.59 Å². The van der Waals surface area contributed by atoms with Gasteiger partial charge in [-0.1, -0.05) is 18.3 Å². The van der Waals surface area contributed by atoms with E-state index < -0.39 is 17.8 Å². The molecule has 0 bridgehead atoms. The standard InChI is InChI=1S/C13H14BrNO5S/c1-3-6-19-13-10(14)7(2)11(21-13)12(18)20-15-8(16)4-5-9(15)17/h3-6H2,1-2H3. The van der Waals surface area contributed by atoms with Gasteiger partial charge in [-0.2, -0.15) is 0 Å². The molecule has 21 heavy (non-hydrogen) atoms. The summed E-state index contributed by atoms with van der Waals surface area (Å²) in [6.07, 6.45) is 0.994. The molecule has 0 radical (unpaired) electrons. The predicted octanol–water partition coefficient (Wildman–Crippen LogP) is 2.83. The van der Waals surface area contributed by atoms with Crippen LogP contribution in [0.5, 0.6) is 5.06 Å². The summed E-state index contributed by atoms with van der Waals surface area (Å²) in [5.74, 6) is -1.72. The first kappa shape index (κ1) is 16.0. The molecule has 2 amide bonds. The molecule has 1 saturated heterocycles. The lowest BCUT2D eigenvalue weighted by Gasteiger charge is -2.11. The minimum absolute atomic E-state index is 0.0735. The number of rotatable bonds is 5. The first-order valence-electron chi connectivity index (χ1n) is 6.45. The smallest absolute Gasteiger partial charge is 0.374 e. The van der Waals surface area contributed by atoms with Crippen molar-refractivity contribution in [1.29, 1.82) is 0 Å². The van der Waals surface area contributed by atoms with E-state index in [-0.39, 0.29) is 12.8 Å². The van der Waals surface area contributed by atoms with E-state index in [0.29, 0.717) is 31.6 Å². The summed E-state index contributed by atoms with van der Waals surface area (Å²) < 4.78 is 6.21. The second kappa shape index (κ2) is 6.57. The number of hydrogen-bond donors (Lipinski definition) is 0. The van der Waals surface area contributed by atoms with Crippen LogP contribution in [0.3, 0.4) is 0 Å². The zero-order valence-corrected chi connectivity index (χ0v) is 14.0. The summed E-state index contributed by atoms with van der Waals surface area (Å²) in [6, 6.07) is 0. The van der Waals surface area contributed by atoms with Crippen molar-refractivity contribution in [2.75, 3.05) is 6.61 Å². The number of amides is 2. The zero-order valence-electron chi connectivity index (χ0n) is 11.6. The van der Waals surface area contributed by atoms with Crippen molar-refractivity contribution < 1.29 is 24.0 Å². The topological polar surface area (TPSA) is 72.9 Å². The van der Waals surface area contributed by atoms with E-state index in [4.69, 9.17) is 9.57 Å². The van der Waals surface area contributed by atoms with Gasteiger partial charge in [0, 0.05) is 12.8 Å². The van der Waals surface area contributed by atoms with Gasteiger partial charge >= 0.3 is 5.97 Å². The summed E-state index contributed by atoms with van der Waals surface area (Å²) >= 11 is 4.49. The van der Waals surface area contributed by atoms with Crippen LogP contribution in [-0.4, -0.2) is 29.5 Å². The van der Waals surface area contributed by atoms with Gasteiger partial charge in [-0.15, -0.1) is 5.06 Å². The van der Waals surface area contributed by atoms with Crippen LogP contribution < -0.4 is 4.74 Å². The summed E-state index contributed by atoms with van der Waals surface area (Å²) in [5, 5.41) is 1.13. The Balaban J connectivity index is 2.15. The number of hydrogen-bond acceptors (Lipinski definition) is 6. The third kappa shape index (κ3) is 3.26. The number of carbonyl (C=O) groups excluding carboxylic acids is 3. The normalized spacial score (nSPS) is 14.7. The lowest BCUT2D eigenvalue weighted by Crippen LogP contribution is -2.32. The zero-order chi connectivity index (χ0) is 15.6. The minimum atomic E-state index is -0.729. The van der Waals surface area contributed by atoms with Crippen molar-refractivity contribution in [3.05, 3.63) is 14.9 Å². The van der Waals surface area contributed by atoms with Crippen molar-refractivity contribution in [2.24, 2.45) is 0 Å². The highest BCUT2D eigenvalue weighted by atomic mass is 79.9. The van der Waals surface area contributed by atoms with Gasteiger partial charge in [0.2, 0.25) is 0 Å². The number of carbonyl (C=O) groups is 3. The average Bonchev–Trinajstić information content (AvgIpc) is 2.92. The van der Waals surface area contributed by atoms with Crippen molar-refractivity contribution in [3.8, 4) is 5.06 Å². The van der Waals surface area contributed by atoms with Gasteiger partial charge < -0.3 is 9.57 Å². The Bertz CT molecular complexity index is 582. The van der Waals surface area contributed by atoms with Gasteiger partial charge in [-0.05, 0) is 34.8 Å². The third-order valence-electron chi connectivity index (χ3n) is 2.85.